The van der Waals surface area contributed by atoms with E-state index in [9.17, 15) is 0 Å². The zero-order chi connectivity index (χ0) is 7.98. The van der Waals surface area contributed by atoms with Crippen molar-refractivity contribution in [3.8, 4) is 12.3 Å². The van der Waals surface area contributed by atoms with Gasteiger partial charge in [0.05, 0.1) is 6.61 Å². The summed E-state index contributed by atoms with van der Waals surface area (Å²) in [4.78, 5) is 0. The zero-order valence-corrected chi connectivity index (χ0v) is 6.76. The lowest BCUT2D eigenvalue weighted by Crippen LogP contribution is -2.11. The molecule has 1 nitrogen and oxygen atoms in total. The standard InChI is InChI=1S/C9H15O/c1-5-8(3)7-10-9(4)6-2/h2,8-9H,1,5,7H2,3-4H3. The topological polar surface area (TPSA) is 9.23 Å². The van der Waals surface area contributed by atoms with Gasteiger partial charge in [0.2, 0.25) is 0 Å². The molecule has 1 radical (unpaired) electrons. The zero-order valence-electron chi connectivity index (χ0n) is 6.76. The van der Waals surface area contributed by atoms with Crippen LogP contribution < -0.4 is 0 Å². The molecule has 0 aliphatic carbocycles. The van der Waals surface area contributed by atoms with Gasteiger partial charge in [0.15, 0.2) is 0 Å². The van der Waals surface area contributed by atoms with Crippen molar-refractivity contribution in [1.29, 1.82) is 0 Å². The van der Waals surface area contributed by atoms with Crippen LogP contribution in [0.3, 0.4) is 0 Å². The summed E-state index contributed by atoms with van der Waals surface area (Å²) in [5, 5.41) is 0. The van der Waals surface area contributed by atoms with Crippen molar-refractivity contribution in [2.75, 3.05) is 6.61 Å². The molecule has 0 aromatic carbocycles. The molecule has 0 fully saturated rings. The van der Waals surface area contributed by atoms with E-state index in [1.165, 1.54) is 0 Å². The van der Waals surface area contributed by atoms with Crippen molar-refractivity contribution in [1.82, 2.24) is 0 Å². The summed E-state index contributed by atoms with van der Waals surface area (Å²) in [6.07, 6.45) is 5.95. The lowest BCUT2D eigenvalue weighted by Gasteiger charge is -2.10. The van der Waals surface area contributed by atoms with E-state index in [2.05, 4.69) is 19.8 Å². The second-order valence-electron chi connectivity index (χ2n) is 2.54. The summed E-state index contributed by atoms with van der Waals surface area (Å²) in [6, 6.07) is 0. The van der Waals surface area contributed by atoms with Gasteiger partial charge in [-0.05, 0) is 19.3 Å². The Morgan fingerprint density at radius 2 is 2.20 bits per heavy atom. The first-order chi connectivity index (χ1) is 4.70. The molecule has 0 N–H and O–H groups in total. The van der Waals surface area contributed by atoms with E-state index in [4.69, 9.17) is 11.2 Å². The highest BCUT2D eigenvalue weighted by atomic mass is 16.5. The third-order valence-electron chi connectivity index (χ3n) is 1.36. The highest BCUT2D eigenvalue weighted by Gasteiger charge is 2.00. The normalized spacial score (nSPS) is 15.8. The second kappa shape index (κ2) is 5.32. The molecule has 57 valence electrons. The van der Waals surface area contributed by atoms with E-state index < -0.39 is 0 Å². The minimum Gasteiger partial charge on any atom is -0.366 e. The molecule has 2 unspecified atom stereocenters. The van der Waals surface area contributed by atoms with Gasteiger partial charge in [0.25, 0.3) is 0 Å². The van der Waals surface area contributed by atoms with Crippen LogP contribution in [0.4, 0.5) is 0 Å². The van der Waals surface area contributed by atoms with E-state index in [0.29, 0.717) is 5.92 Å². The van der Waals surface area contributed by atoms with Crippen LogP contribution in [0.25, 0.3) is 0 Å². The van der Waals surface area contributed by atoms with E-state index in [1.54, 1.807) is 0 Å². The van der Waals surface area contributed by atoms with Crippen molar-refractivity contribution in [3.05, 3.63) is 6.92 Å². The van der Waals surface area contributed by atoms with Crippen LogP contribution >= 0.6 is 0 Å². The predicted octanol–water partition coefficient (Wildman–Crippen LogP) is 1.88. The largest absolute Gasteiger partial charge is 0.366 e. The Hall–Kier alpha value is -0.480. The quantitative estimate of drug-likeness (QED) is 0.540. The van der Waals surface area contributed by atoms with Gasteiger partial charge in [-0.3, -0.25) is 0 Å². The number of hydrogen-bond donors (Lipinski definition) is 0. The minimum atomic E-state index is -0.0611. The molecule has 2 atom stereocenters. The number of terminal acetylenes is 1. The van der Waals surface area contributed by atoms with E-state index >= 15 is 0 Å². The maximum Gasteiger partial charge on any atom is 0.115 e. The molecular formula is C9H15O. The molecule has 0 spiro atoms. The van der Waals surface area contributed by atoms with Crippen LogP contribution in [0.5, 0.6) is 0 Å². The van der Waals surface area contributed by atoms with Gasteiger partial charge in [-0.2, -0.15) is 0 Å². The van der Waals surface area contributed by atoms with Crippen molar-refractivity contribution < 1.29 is 4.74 Å². The fraction of sp³-hybridized carbons (Fsp3) is 0.667. The molecule has 0 amide bonds. The summed E-state index contributed by atoms with van der Waals surface area (Å²) in [7, 11) is 0. The summed E-state index contributed by atoms with van der Waals surface area (Å²) >= 11 is 0. The number of rotatable bonds is 4. The highest BCUT2D eigenvalue weighted by molar-refractivity contribution is 4.91. The van der Waals surface area contributed by atoms with Crippen LogP contribution in [0.15, 0.2) is 0 Å². The molecule has 10 heavy (non-hydrogen) atoms. The van der Waals surface area contributed by atoms with Crippen LogP contribution in [-0.4, -0.2) is 12.7 Å². The van der Waals surface area contributed by atoms with Crippen LogP contribution in [0, 0.1) is 25.2 Å². The minimum absolute atomic E-state index is 0.0611. The van der Waals surface area contributed by atoms with Gasteiger partial charge < -0.3 is 4.74 Å². The first-order valence-electron chi connectivity index (χ1n) is 3.57. The van der Waals surface area contributed by atoms with Gasteiger partial charge in [-0.25, -0.2) is 0 Å². The number of ether oxygens (including phenoxy) is 1. The summed E-state index contributed by atoms with van der Waals surface area (Å²) in [6.45, 7) is 8.44. The Balaban J connectivity index is 3.28. The van der Waals surface area contributed by atoms with Gasteiger partial charge in [0.1, 0.15) is 6.10 Å². The predicted molar refractivity (Wildman–Crippen MR) is 43.4 cm³/mol. The Morgan fingerprint density at radius 3 is 2.60 bits per heavy atom. The molecule has 1 heteroatoms. The van der Waals surface area contributed by atoms with Crippen LogP contribution in [0.2, 0.25) is 0 Å². The first kappa shape index (κ1) is 9.52. The molecule has 0 aromatic rings. The second-order valence-corrected chi connectivity index (χ2v) is 2.54. The van der Waals surface area contributed by atoms with Gasteiger partial charge in [-0.1, -0.05) is 19.8 Å². The van der Waals surface area contributed by atoms with E-state index in [-0.39, 0.29) is 6.10 Å². The Kier molecular flexibility index (Phi) is 5.06. The van der Waals surface area contributed by atoms with Crippen LogP contribution in [-0.2, 0) is 4.74 Å². The van der Waals surface area contributed by atoms with Crippen LogP contribution in [0.1, 0.15) is 20.3 Å². The maximum atomic E-state index is 5.27. The maximum absolute atomic E-state index is 5.27. The van der Waals surface area contributed by atoms with Crippen molar-refractivity contribution in [3.63, 3.8) is 0 Å². The molecule has 0 aliphatic heterocycles. The highest BCUT2D eigenvalue weighted by Crippen LogP contribution is 2.01. The molecule has 0 bridgehead atoms. The first-order valence-corrected chi connectivity index (χ1v) is 3.57. The third kappa shape index (κ3) is 4.40. The smallest absolute Gasteiger partial charge is 0.115 e. The lowest BCUT2D eigenvalue weighted by molar-refractivity contribution is 0.0779. The lowest BCUT2D eigenvalue weighted by atomic mass is 10.1. The summed E-state index contributed by atoms with van der Waals surface area (Å²) in [5.74, 6) is 3.01. The van der Waals surface area contributed by atoms with Gasteiger partial charge in [0, 0.05) is 0 Å². The van der Waals surface area contributed by atoms with E-state index in [0.717, 1.165) is 13.0 Å². The Labute approximate surface area is 63.8 Å². The molecule has 0 saturated heterocycles. The van der Waals surface area contributed by atoms with E-state index in [1.807, 2.05) is 6.92 Å². The molecule has 0 aliphatic rings. The monoisotopic (exact) mass is 139 g/mol. The Bertz CT molecular complexity index is 112. The average Bonchev–Trinajstić information content (AvgIpc) is 1.99. The Morgan fingerprint density at radius 1 is 1.60 bits per heavy atom. The fourth-order valence-corrected chi connectivity index (χ4v) is 0.440. The van der Waals surface area contributed by atoms with Gasteiger partial charge >= 0.3 is 0 Å². The van der Waals surface area contributed by atoms with Crippen molar-refractivity contribution in [2.24, 2.45) is 5.92 Å². The average molecular weight is 139 g/mol. The summed E-state index contributed by atoms with van der Waals surface area (Å²) in [5.41, 5.74) is 0. The van der Waals surface area contributed by atoms with Crippen molar-refractivity contribution in [2.45, 2.75) is 26.4 Å². The fourth-order valence-electron chi connectivity index (χ4n) is 0.440. The summed E-state index contributed by atoms with van der Waals surface area (Å²) < 4.78 is 5.27. The molecule has 0 rings (SSSR count). The molecule has 0 heterocycles. The number of hydrogen-bond acceptors (Lipinski definition) is 1. The molecule has 0 aromatic heterocycles. The SMILES string of the molecule is C#CC(C)OCC(C)C[CH2]. The molecule has 0 saturated carbocycles. The third-order valence-corrected chi connectivity index (χ3v) is 1.36. The van der Waals surface area contributed by atoms with Crippen molar-refractivity contribution >= 4 is 0 Å². The van der Waals surface area contributed by atoms with Gasteiger partial charge in [-0.15, -0.1) is 6.42 Å². The molecular weight excluding hydrogens is 124 g/mol.